The molecule has 0 aliphatic carbocycles. The molecule has 6 nitrogen and oxygen atoms in total. The molecule has 1 aliphatic heterocycles. The molecule has 0 bridgehead atoms. The maximum Gasteiger partial charge on any atom is 0.240 e. The van der Waals surface area contributed by atoms with E-state index in [2.05, 4.69) is 20.4 Å². The van der Waals surface area contributed by atoms with Crippen molar-refractivity contribution in [1.29, 1.82) is 0 Å². The molecule has 0 atom stereocenters. The molecule has 1 N–H and O–H groups in total. The minimum atomic E-state index is -1.79. The molecular formula is C17H17N5O. The van der Waals surface area contributed by atoms with Gasteiger partial charge < -0.3 is 10.1 Å². The molecule has 0 saturated heterocycles. The Morgan fingerprint density at radius 3 is 3.17 bits per heavy atom. The van der Waals surface area contributed by atoms with E-state index in [9.17, 15) is 0 Å². The van der Waals surface area contributed by atoms with Crippen LogP contribution in [0, 0.1) is 0 Å². The van der Waals surface area contributed by atoms with Crippen LogP contribution in [-0.2, 0) is 13.6 Å². The highest BCUT2D eigenvalue weighted by molar-refractivity contribution is 6.09. The summed E-state index contributed by atoms with van der Waals surface area (Å²) < 4.78 is 22.1. The van der Waals surface area contributed by atoms with Gasteiger partial charge in [0.2, 0.25) is 5.88 Å². The van der Waals surface area contributed by atoms with Crippen molar-refractivity contribution in [1.82, 2.24) is 14.8 Å². The lowest BCUT2D eigenvalue weighted by atomic mass is 10.2. The first-order valence-electron chi connectivity index (χ1n) is 8.32. The van der Waals surface area contributed by atoms with Gasteiger partial charge in [-0.25, -0.2) is 0 Å². The minimum absolute atomic E-state index is 0.279. The molecule has 6 heteroatoms. The SMILES string of the molecule is [2H]C([2H])(C)Oc1nn(C)c2cc(NC3=NCc4cccnc43)ccc12. The van der Waals surface area contributed by atoms with Crippen LogP contribution >= 0.6 is 0 Å². The lowest BCUT2D eigenvalue weighted by Gasteiger charge is -2.07. The van der Waals surface area contributed by atoms with Crippen LogP contribution in [0.3, 0.4) is 0 Å². The van der Waals surface area contributed by atoms with Gasteiger partial charge in [-0.2, -0.15) is 0 Å². The Balaban J connectivity index is 1.66. The zero-order valence-corrected chi connectivity index (χ0v) is 12.9. The van der Waals surface area contributed by atoms with Gasteiger partial charge in [-0.1, -0.05) is 6.07 Å². The number of hydrogen-bond donors (Lipinski definition) is 1. The van der Waals surface area contributed by atoms with Crippen molar-refractivity contribution in [2.45, 2.75) is 13.5 Å². The molecule has 0 unspecified atom stereocenters. The molecule has 0 saturated carbocycles. The molecular weight excluding hydrogens is 290 g/mol. The highest BCUT2D eigenvalue weighted by atomic mass is 16.5. The number of hydrogen-bond acceptors (Lipinski definition) is 5. The number of ether oxygens (including phenoxy) is 1. The van der Waals surface area contributed by atoms with Gasteiger partial charge >= 0.3 is 0 Å². The van der Waals surface area contributed by atoms with Crippen molar-refractivity contribution in [3.05, 3.63) is 47.8 Å². The third-order valence-corrected chi connectivity index (χ3v) is 3.80. The van der Waals surface area contributed by atoms with Crippen LogP contribution in [-0.4, -0.2) is 27.2 Å². The standard InChI is InChI=1S/C17H17N5O/c1-3-23-17-13-7-6-12(9-14(13)22(2)21-17)20-16-15-11(10-19-16)5-4-8-18-15/h4-9H,3,10H2,1-2H3,(H,19,20)/i3D2. The summed E-state index contributed by atoms with van der Waals surface area (Å²) in [5.41, 5.74) is 3.67. The Morgan fingerprint density at radius 2 is 2.30 bits per heavy atom. The molecule has 1 aliphatic rings. The van der Waals surface area contributed by atoms with Crippen LogP contribution in [0.4, 0.5) is 5.69 Å². The molecule has 0 amide bonds. The van der Waals surface area contributed by atoms with Crippen LogP contribution in [0.25, 0.3) is 10.9 Å². The van der Waals surface area contributed by atoms with Gasteiger partial charge in [0.05, 0.1) is 26.7 Å². The molecule has 0 fully saturated rings. The number of aryl methyl sites for hydroxylation is 1. The number of amidine groups is 1. The van der Waals surface area contributed by atoms with E-state index < -0.39 is 6.56 Å². The first-order valence-corrected chi connectivity index (χ1v) is 7.32. The van der Waals surface area contributed by atoms with Crippen LogP contribution in [0.1, 0.15) is 20.9 Å². The number of aromatic nitrogens is 3. The van der Waals surface area contributed by atoms with E-state index in [0.717, 1.165) is 33.7 Å². The molecule has 4 rings (SSSR count). The number of anilines is 1. The first-order chi connectivity index (χ1) is 11.9. The number of aliphatic imine (C=N–C) groups is 1. The summed E-state index contributed by atoms with van der Waals surface area (Å²) in [7, 11) is 1.80. The van der Waals surface area contributed by atoms with E-state index in [4.69, 9.17) is 7.48 Å². The predicted octanol–water partition coefficient (Wildman–Crippen LogP) is 2.74. The zero-order chi connectivity index (χ0) is 17.6. The van der Waals surface area contributed by atoms with Gasteiger partial charge in [0, 0.05) is 24.5 Å². The van der Waals surface area contributed by atoms with Gasteiger partial charge in [0.15, 0.2) is 5.84 Å². The number of benzene rings is 1. The van der Waals surface area contributed by atoms with Crippen molar-refractivity contribution in [2.75, 3.05) is 11.9 Å². The average molecular weight is 309 g/mol. The van der Waals surface area contributed by atoms with Crippen molar-refractivity contribution >= 4 is 22.4 Å². The van der Waals surface area contributed by atoms with Gasteiger partial charge in [-0.05, 0) is 31.2 Å². The van der Waals surface area contributed by atoms with E-state index in [-0.39, 0.29) is 5.88 Å². The molecule has 3 heterocycles. The molecule has 1 aromatic carbocycles. The van der Waals surface area contributed by atoms with E-state index in [0.29, 0.717) is 6.54 Å². The van der Waals surface area contributed by atoms with Crippen LogP contribution in [0.2, 0.25) is 0 Å². The van der Waals surface area contributed by atoms with Crippen LogP contribution in [0.5, 0.6) is 5.88 Å². The van der Waals surface area contributed by atoms with Crippen LogP contribution < -0.4 is 10.1 Å². The fourth-order valence-electron chi connectivity index (χ4n) is 2.73. The number of pyridine rings is 1. The lowest BCUT2D eigenvalue weighted by molar-refractivity contribution is 0.326. The Labute approximate surface area is 136 Å². The van der Waals surface area contributed by atoms with Crippen molar-refractivity contribution in [3.8, 4) is 5.88 Å². The maximum atomic E-state index is 7.57. The summed E-state index contributed by atoms with van der Waals surface area (Å²) in [6, 6.07) is 9.62. The monoisotopic (exact) mass is 309 g/mol. The quantitative estimate of drug-likeness (QED) is 0.808. The third kappa shape index (κ3) is 2.32. The van der Waals surface area contributed by atoms with Gasteiger partial charge in [-0.15, -0.1) is 5.10 Å². The first kappa shape index (κ1) is 11.6. The van der Waals surface area contributed by atoms with Crippen molar-refractivity contribution in [2.24, 2.45) is 12.0 Å². The maximum absolute atomic E-state index is 7.57. The summed E-state index contributed by atoms with van der Waals surface area (Å²) in [6.45, 7) is 0.196. The highest BCUT2D eigenvalue weighted by Crippen LogP contribution is 2.28. The second-order valence-electron chi connectivity index (χ2n) is 5.27. The fraction of sp³-hybridized carbons (Fsp3) is 0.235. The Bertz CT molecular complexity index is 990. The Kier molecular flexibility index (Phi) is 2.73. The normalized spacial score (nSPS) is 15.0. The molecule has 0 radical (unpaired) electrons. The summed E-state index contributed by atoms with van der Waals surface area (Å²) >= 11 is 0. The van der Waals surface area contributed by atoms with Gasteiger partial charge in [0.25, 0.3) is 0 Å². The molecule has 23 heavy (non-hydrogen) atoms. The predicted molar refractivity (Wildman–Crippen MR) is 90.0 cm³/mol. The number of rotatable bonds is 3. The number of nitrogens with one attached hydrogen (secondary N) is 1. The topological polar surface area (TPSA) is 64.3 Å². The molecule has 2 aromatic heterocycles. The van der Waals surface area contributed by atoms with E-state index in [1.807, 2.05) is 30.3 Å². The minimum Gasteiger partial charge on any atom is -0.476 e. The zero-order valence-electron chi connectivity index (χ0n) is 14.9. The van der Waals surface area contributed by atoms with Crippen molar-refractivity contribution < 1.29 is 7.48 Å². The number of nitrogens with zero attached hydrogens (tertiary/aromatic N) is 4. The average Bonchev–Trinajstić information content (AvgIpc) is 3.08. The Morgan fingerprint density at radius 1 is 1.39 bits per heavy atom. The highest BCUT2D eigenvalue weighted by Gasteiger charge is 2.17. The number of fused-ring (bicyclic) bond motifs is 2. The van der Waals surface area contributed by atoms with Crippen LogP contribution in [0.15, 0.2) is 41.5 Å². The summed E-state index contributed by atoms with van der Waals surface area (Å²) in [4.78, 5) is 8.89. The molecule has 116 valence electrons. The third-order valence-electron chi connectivity index (χ3n) is 3.80. The fourth-order valence-corrected chi connectivity index (χ4v) is 2.73. The molecule has 3 aromatic rings. The summed E-state index contributed by atoms with van der Waals surface area (Å²) in [5, 5.41) is 8.33. The smallest absolute Gasteiger partial charge is 0.240 e. The Hall–Kier alpha value is -2.89. The largest absolute Gasteiger partial charge is 0.476 e. The lowest BCUT2D eigenvalue weighted by Crippen LogP contribution is -2.13. The van der Waals surface area contributed by atoms with Gasteiger partial charge in [-0.3, -0.25) is 14.7 Å². The van der Waals surface area contributed by atoms with E-state index >= 15 is 0 Å². The molecule has 0 spiro atoms. The second-order valence-corrected chi connectivity index (χ2v) is 5.27. The van der Waals surface area contributed by atoms with Crippen molar-refractivity contribution in [3.63, 3.8) is 0 Å². The van der Waals surface area contributed by atoms with E-state index in [1.165, 1.54) is 6.92 Å². The van der Waals surface area contributed by atoms with Gasteiger partial charge in [0.1, 0.15) is 5.69 Å². The summed E-state index contributed by atoms with van der Waals surface area (Å²) in [6.07, 6.45) is 1.76. The second kappa shape index (κ2) is 5.39. The summed E-state index contributed by atoms with van der Waals surface area (Å²) in [5.74, 6) is 1.03. The van der Waals surface area contributed by atoms with E-state index in [1.54, 1.807) is 17.9 Å².